The van der Waals surface area contributed by atoms with Crippen molar-refractivity contribution >= 4 is 26.0 Å². The van der Waals surface area contributed by atoms with E-state index in [1.165, 1.54) is 16.4 Å². The molecule has 1 atom stereocenters. The number of carbonyl (C=O) groups is 1. The predicted molar refractivity (Wildman–Crippen MR) is 92.1 cm³/mol. The summed E-state index contributed by atoms with van der Waals surface area (Å²) in [5.41, 5.74) is 0. The Kier molecular flexibility index (Phi) is 5.35. The van der Waals surface area contributed by atoms with Crippen molar-refractivity contribution in [3.63, 3.8) is 0 Å². The first kappa shape index (κ1) is 19.2. The number of benzene rings is 1. The molecule has 0 spiro atoms. The molecule has 1 unspecified atom stereocenters. The lowest BCUT2D eigenvalue weighted by atomic mass is 10.2. The van der Waals surface area contributed by atoms with Crippen LogP contribution in [0.25, 0.3) is 0 Å². The van der Waals surface area contributed by atoms with E-state index in [1.54, 1.807) is 4.90 Å². The van der Waals surface area contributed by atoms with E-state index in [-0.39, 0.29) is 22.2 Å². The fourth-order valence-corrected chi connectivity index (χ4v) is 5.37. The van der Waals surface area contributed by atoms with Gasteiger partial charge in [0, 0.05) is 19.6 Å². The van der Waals surface area contributed by atoms with Crippen molar-refractivity contribution in [1.82, 2.24) is 9.21 Å². The van der Waals surface area contributed by atoms with Crippen molar-refractivity contribution in [2.45, 2.75) is 28.7 Å². The van der Waals surface area contributed by atoms with Gasteiger partial charge in [0.2, 0.25) is 26.0 Å². The SMILES string of the molecule is NS(=O)(=O)c1ccc(S(=O)(=O)N2CCCC2C(=O)N2CCOCC2)cc1. The summed E-state index contributed by atoms with van der Waals surface area (Å²) in [5.74, 6) is -0.212. The van der Waals surface area contributed by atoms with Crippen LogP contribution < -0.4 is 5.14 Å². The van der Waals surface area contributed by atoms with Crippen molar-refractivity contribution < 1.29 is 26.4 Å². The number of carbonyl (C=O) groups excluding carboxylic acids is 1. The normalized spacial score (nSPS) is 22.5. The minimum atomic E-state index is -3.91. The highest BCUT2D eigenvalue weighted by Gasteiger charge is 2.41. The Labute approximate surface area is 152 Å². The van der Waals surface area contributed by atoms with E-state index < -0.39 is 26.1 Å². The highest BCUT2D eigenvalue weighted by Crippen LogP contribution is 2.28. The first-order valence-corrected chi connectivity index (χ1v) is 11.2. The topological polar surface area (TPSA) is 127 Å². The lowest BCUT2D eigenvalue weighted by molar-refractivity contribution is -0.138. The molecule has 1 aromatic carbocycles. The molecule has 2 aliphatic heterocycles. The molecule has 144 valence electrons. The standard InChI is InChI=1S/C15H21N3O6S2/c16-25(20,21)12-3-5-13(6-4-12)26(22,23)18-7-1-2-14(18)15(19)17-8-10-24-11-9-17/h3-6,14H,1-2,7-11H2,(H2,16,20,21). The van der Waals surface area contributed by atoms with Gasteiger partial charge in [0.15, 0.2) is 0 Å². The van der Waals surface area contributed by atoms with Crippen molar-refractivity contribution in [3.05, 3.63) is 24.3 Å². The molecule has 2 aliphatic rings. The summed E-state index contributed by atoms with van der Waals surface area (Å²) in [6.45, 7) is 2.04. The number of hydrogen-bond donors (Lipinski definition) is 1. The molecule has 2 saturated heterocycles. The first-order valence-electron chi connectivity index (χ1n) is 8.22. The second-order valence-electron chi connectivity index (χ2n) is 6.23. The average Bonchev–Trinajstić information content (AvgIpc) is 3.12. The summed E-state index contributed by atoms with van der Waals surface area (Å²) in [4.78, 5) is 14.1. The zero-order valence-corrected chi connectivity index (χ0v) is 15.7. The Bertz CT molecular complexity index is 876. The third kappa shape index (κ3) is 3.76. The zero-order valence-electron chi connectivity index (χ0n) is 14.1. The molecule has 0 aromatic heterocycles. The number of ether oxygens (including phenoxy) is 1. The number of amides is 1. The lowest BCUT2D eigenvalue weighted by Crippen LogP contribution is -2.50. The van der Waals surface area contributed by atoms with Gasteiger partial charge in [-0.05, 0) is 37.1 Å². The largest absolute Gasteiger partial charge is 0.378 e. The van der Waals surface area contributed by atoms with E-state index >= 15 is 0 Å². The monoisotopic (exact) mass is 403 g/mol. The molecule has 0 radical (unpaired) electrons. The van der Waals surface area contributed by atoms with Gasteiger partial charge in [0.1, 0.15) is 6.04 Å². The average molecular weight is 403 g/mol. The number of nitrogens with two attached hydrogens (primary N) is 1. The maximum absolute atomic E-state index is 12.9. The Morgan fingerprint density at radius 3 is 2.15 bits per heavy atom. The molecule has 2 fully saturated rings. The summed E-state index contributed by atoms with van der Waals surface area (Å²) >= 11 is 0. The van der Waals surface area contributed by atoms with Crippen LogP contribution in [0.3, 0.4) is 0 Å². The van der Waals surface area contributed by atoms with Gasteiger partial charge in [-0.1, -0.05) is 0 Å². The summed E-state index contributed by atoms with van der Waals surface area (Å²) < 4.78 is 55.0. The molecular formula is C15H21N3O6S2. The van der Waals surface area contributed by atoms with Crippen LogP contribution >= 0.6 is 0 Å². The number of primary sulfonamides is 1. The second kappa shape index (κ2) is 7.24. The van der Waals surface area contributed by atoms with Crippen molar-refractivity contribution in [2.24, 2.45) is 5.14 Å². The predicted octanol–water partition coefficient (Wildman–Crippen LogP) is -0.654. The molecule has 2 N–H and O–H groups in total. The molecule has 9 nitrogen and oxygen atoms in total. The second-order valence-corrected chi connectivity index (χ2v) is 9.68. The van der Waals surface area contributed by atoms with E-state index in [2.05, 4.69) is 0 Å². The quantitative estimate of drug-likeness (QED) is 0.711. The molecule has 3 rings (SSSR count). The van der Waals surface area contributed by atoms with E-state index in [0.717, 1.165) is 12.1 Å². The summed E-state index contributed by atoms with van der Waals surface area (Å²) in [6.07, 6.45) is 1.06. The highest BCUT2D eigenvalue weighted by molar-refractivity contribution is 7.89. The molecular weight excluding hydrogens is 382 g/mol. The molecule has 26 heavy (non-hydrogen) atoms. The van der Waals surface area contributed by atoms with E-state index in [0.29, 0.717) is 39.1 Å². The van der Waals surface area contributed by atoms with Crippen LogP contribution in [0.15, 0.2) is 34.1 Å². The van der Waals surface area contributed by atoms with Crippen molar-refractivity contribution in [1.29, 1.82) is 0 Å². The van der Waals surface area contributed by atoms with Gasteiger partial charge in [-0.15, -0.1) is 0 Å². The summed E-state index contributed by atoms with van der Waals surface area (Å²) in [5, 5.41) is 5.03. The van der Waals surface area contributed by atoms with E-state index in [4.69, 9.17) is 9.88 Å². The maximum Gasteiger partial charge on any atom is 0.243 e. The molecule has 0 aliphatic carbocycles. The van der Waals surface area contributed by atoms with Crippen LogP contribution in [-0.2, 0) is 29.6 Å². The van der Waals surface area contributed by atoms with E-state index in [9.17, 15) is 21.6 Å². The smallest absolute Gasteiger partial charge is 0.243 e. The van der Waals surface area contributed by atoms with Crippen LogP contribution in [0.2, 0.25) is 0 Å². The van der Waals surface area contributed by atoms with Crippen LogP contribution in [0.5, 0.6) is 0 Å². The number of sulfonamides is 2. The number of rotatable bonds is 4. The molecule has 0 saturated carbocycles. The summed E-state index contributed by atoms with van der Waals surface area (Å²) in [7, 11) is -7.82. The molecule has 1 aromatic rings. The van der Waals surface area contributed by atoms with Crippen LogP contribution in [0.4, 0.5) is 0 Å². The molecule has 0 bridgehead atoms. The number of morpholine rings is 1. The maximum atomic E-state index is 12.9. The van der Waals surface area contributed by atoms with Gasteiger partial charge in [-0.3, -0.25) is 4.79 Å². The van der Waals surface area contributed by atoms with Gasteiger partial charge in [-0.25, -0.2) is 22.0 Å². The van der Waals surface area contributed by atoms with Crippen LogP contribution in [-0.4, -0.2) is 70.8 Å². The van der Waals surface area contributed by atoms with E-state index in [1.807, 2.05) is 0 Å². The first-order chi connectivity index (χ1) is 12.2. The van der Waals surface area contributed by atoms with Gasteiger partial charge < -0.3 is 9.64 Å². The minimum Gasteiger partial charge on any atom is -0.378 e. The Hall–Kier alpha value is -1.53. The van der Waals surface area contributed by atoms with Crippen molar-refractivity contribution in [2.75, 3.05) is 32.8 Å². The Morgan fingerprint density at radius 2 is 1.58 bits per heavy atom. The highest BCUT2D eigenvalue weighted by atomic mass is 32.2. The molecule has 11 heteroatoms. The Balaban J connectivity index is 1.84. The number of hydrogen-bond acceptors (Lipinski definition) is 6. The summed E-state index contributed by atoms with van der Waals surface area (Å²) in [6, 6.07) is 3.96. The third-order valence-electron chi connectivity index (χ3n) is 4.57. The van der Waals surface area contributed by atoms with Gasteiger partial charge in [-0.2, -0.15) is 4.31 Å². The van der Waals surface area contributed by atoms with Crippen molar-refractivity contribution in [3.8, 4) is 0 Å². The van der Waals surface area contributed by atoms with Gasteiger partial charge in [0.05, 0.1) is 23.0 Å². The minimum absolute atomic E-state index is 0.0634. The number of nitrogens with zero attached hydrogens (tertiary/aromatic N) is 2. The van der Waals surface area contributed by atoms with Gasteiger partial charge >= 0.3 is 0 Å². The van der Waals surface area contributed by atoms with Crippen LogP contribution in [0.1, 0.15) is 12.8 Å². The molecule has 1 amide bonds. The lowest BCUT2D eigenvalue weighted by Gasteiger charge is -2.32. The van der Waals surface area contributed by atoms with Crippen LogP contribution in [0, 0.1) is 0 Å². The third-order valence-corrected chi connectivity index (χ3v) is 7.42. The Morgan fingerprint density at radius 1 is 1.00 bits per heavy atom. The zero-order chi connectivity index (χ0) is 18.9. The fraction of sp³-hybridized carbons (Fsp3) is 0.533. The van der Waals surface area contributed by atoms with Gasteiger partial charge in [0.25, 0.3) is 0 Å². The molecule has 2 heterocycles. The fourth-order valence-electron chi connectivity index (χ4n) is 3.21.